The smallest absolute Gasteiger partial charge is 0.161 e. The van der Waals surface area contributed by atoms with E-state index in [1.807, 2.05) is 12.1 Å². The van der Waals surface area contributed by atoms with Crippen molar-refractivity contribution in [2.24, 2.45) is 5.92 Å². The van der Waals surface area contributed by atoms with Crippen molar-refractivity contribution in [2.45, 2.75) is 18.8 Å². The van der Waals surface area contributed by atoms with Crippen LogP contribution in [0.3, 0.4) is 0 Å². The van der Waals surface area contributed by atoms with Crippen molar-refractivity contribution >= 4 is 0 Å². The second kappa shape index (κ2) is 8.86. The van der Waals surface area contributed by atoms with Gasteiger partial charge in [0.25, 0.3) is 0 Å². The molecular weight excluding hydrogens is 317 g/mol. The zero-order valence-corrected chi connectivity index (χ0v) is 14.7. The summed E-state index contributed by atoms with van der Waals surface area (Å²) in [6.45, 7) is 1.66. The third-order valence-electron chi connectivity index (χ3n) is 4.90. The van der Waals surface area contributed by atoms with Crippen LogP contribution in [0.25, 0.3) is 0 Å². The number of benzene rings is 2. The molecule has 0 aromatic heterocycles. The van der Waals surface area contributed by atoms with Gasteiger partial charge in [-0.3, -0.25) is 0 Å². The second-order valence-corrected chi connectivity index (χ2v) is 6.42. The number of rotatable bonds is 7. The molecule has 0 radical (unpaired) electrons. The van der Waals surface area contributed by atoms with Gasteiger partial charge < -0.3 is 14.8 Å². The SMILES string of the molecule is COc1cc(C(c2ccccc2)C2CCNCC2)ccc1OCCF. The largest absolute Gasteiger partial charge is 0.493 e. The van der Waals surface area contributed by atoms with Gasteiger partial charge in [0.15, 0.2) is 11.5 Å². The van der Waals surface area contributed by atoms with E-state index < -0.39 is 6.67 Å². The average molecular weight is 343 g/mol. The highest BCUT2D eigenvalue weighted by Crippen LogP contribution is 2.40. The molecule has 0 aliphatic carbocycles. The molecule has 1 aliphatic rings. The Labute approximate surface area is 149 Å². The first-order valence-electron chi connectivity index (χ1n) is 8.96. The number of methoxy groups -OCH3 is 1. The predicted molar refractivity (Wildman–Crippen MR) is 98.3 cm³/mol. The molecule has 0 amide bonds. The highest BCUT2D eigenvalue weighted by atomic mass is 19.1. The lowest BCUT2D eigenvalue weighted by Crippen LogP contribution is -2.31. The topological polar surface area (TPSA) is 30.5 Å². The van der Waals surface area contributed by atoms with Crippen LogP contribution < -0.4 is 14.8 Å². The standard InChI is InChI=1S/C21H26FNO2/c1-24-20-15-18(7-8-19(20)25-14-11-22)21(16-5-3-2-4-6-16)17-9-12-23-13-10-17/h2-8,15,17,21,23H,9-14H2,1H3. The highest BCUT2D eigenvalue weighted by molar-refractivity contribution is 5.46. The molecule has 2 aromatic carbocycles. The maximum Gasteiger partial charge on any atom is 0.161 e. The van der Waals surface area contributed by atoms with Crippen LogP contribution in [0.5, 0.6) is 11.5 Å². The zero-order chi connectivity index (χ0) is 17.5. The van der Waals surface area contributed by atoms with E-state index in [0.29, 0.717) is 23.3 Å². The Kier molecular flexibility index (Phi) is 6.29. The zero-order valence-electron chi connectivity index (χ0n) is 14.7. The third kappa shape index (κ3) is 4.31. The molecule has 1 fully saturated rings. The number of nitrogens with one attached hydrogen (secondary N) is 1. The molecule has 2 aromatic rings. The number of hydrogen-bond acceptors (Lipinski definition) is 3. The van der Waals surface area contributed by atoms with E-state index in [1.165, 1.54) is 11.1 Å². The molecule has 1 heterocycles. The van der Waals surface area contributed by atoms with Crippen LogP contribution in [0.15, 0.2) is 48.5 Å². The van der Waals surface area contributed by atoms with Crippen molar-refractivity contribution in [2.75, 3.05) is 33.5 Å². The molecule has 1 unspecified atom stereocenters. The minimum atomic E-state index is -0.507. The van der Waals surface area contributed by atoms with Crippen molar-refractivity contribution in [3.63, 3.8) is 0 Å². The second-order valence-electron chi connectivity index (χ2n) is 6.42. The molecule has 0 saturated carbocycles. The molecule has 1 aliphatic heterocycles. The molecule has 3 nitrogen and oxygen atoms in total. The van der Waals surface area contributed by atoms with Crippen molar-refractivity contribution in [3.05, 3.63) is 59.7 Å². The maximum atomic E-state index is 12.4. The van der Waals surface area contributed by atoms with E-state index in [4.69, 9.17) is 9.47 Å². The first-order chi connectivity index (χ1) is 12.3. The van der Waals surface area contributed by atoms with E-state index in [-0.39, 0.29) is 6.61 Å². The fraction of sp³-hybridized carbons (Fsp3) is 0.429. The van der Waals surface area contributed by atoms with Crippen LogP contribution in [0.4, 0.5) is 4.39 Å². The fourth-order valence-corrected chi connectivity index (χ4v) is 3.72. The van der Waals surface area contributed by atoms with E-state index in [2.05, 4.69) is 41.7 Å². The first kappa shape index (κ1) is 17.7. The van der Waals surface area contributed by atoms with Crippen LogP contribution in [0.1, 0.15) is 29.9 Å². The number of hydrogen-bond donors (Lipinski definition) is 1. The van der Waals surface area contributed by atoms with E-state index in [1.54, 1.807) is 7.11 Å². The summed E-state index contributed by atoms with van der Waals surface area (Å²) in [4.78, 5) is 0. The predicted octanol–water partition coefficient (Wildman–Crippen LogP) is 4.18. The van der Waals surface area contributed by atoms with Crippen molar-refractivity contribution < 1.29 is 13.9 Å². The molecule has 3 rings (SSSR count). The normalized spacial score (nSPS) is 16.4. The molecule has 1 saturated heterocycles. The highest BCUT2D eigenvalue weighted by Gasteiger charge is 2.27. The molecule has 0 bridgehead atoms. The molecule has 0 spiro atoms. The van der Waals surface area contributed by atoms with Gasteiger partial charge in [0.1, 0.15) is 13.3 Å². The summed E-state index contributed by atoms with van der Waals surface area (Å²) >= 11 is 0. The van der Waals surface area contributed by atoms with Crippen LogP contribution in [0.2, 0.25) is 0 Å². The van der Waals surface area contributed by atoms with Gasteiger partial charge in [0, 0.05) is 5.92 Å². The Morgan fingerprint density at radius 2 is 1.80 bits per heavy atom. The van der Waals surface area contributed by atoms with Crippen molar-refractivity contribution in [1.82, 2.24) is 5.32 Å². The summed E-state index contributed by atoms with van der Waals surface area (Å²) in [5.74, 6) is 2.18. The Balaban J connectivity index is 1.95. The summed E-state index contributed by atoms with van der Waals surface area (Å²) in [6, 6.07) is 16.7. The number of ether oxygens (including phenoxy) is 2. The lowest BCUT2D eigenvalue weighted by molar-refractivity contribution is 0.259. The molecule has 4 heteroatoms. The van der Waals surface area contributed by atoms with Crippen LogP contribution in [-0.2, 0) is 0 Å². The molecule has 134 valence electrons. The first-order valence-corrected chi connectivity index (χ1v) is 8.96. The molecular formula is C21H26FNO2. The van der Waals surface area contributed by atoms with E-state index >= 15 is 0 Å². The minimum Gasteiger partial charge on any atom is -0.493 e. The van der Waals surface area contributed by atoms with Gasteiger partial charge in [0.05, 0.1) is 7.11 Å². The lowest BCUT2D eigenvalue weighted by atomic mass is 9.76. The van der Waals surface area contributed by atoms with Gasteiger partial charge in [-0.05, 0) is 55.1 Å². The molecule has 25 heavy (non-hydrogen) atoms. The van der Waals surface area contributed by atoms with E-state index in [0.717, 1.165) is 25.9 Å². The minimum absolute atomic E-state index is 0.0477. The number of halogens is 1. The summed E-state index contributed by atoms with van der Waals surface area (Å²) < 4.78 is 23.4. The van der Waals surface area contributed by atoms with Crippen molar-refractivity contribution in [3.8, 4) is 11.5 Å². The van der Waals surface area contributed by atoms with Gasteiger partial charge in [0.2, 0.25) is 0 Å². The maximum absolute atomic E-state index is 12.4. The third-order valence-corrected chi connectivity index (χ3v) is 4.90. The van der Waals surface area contributed by atoms with Crippen molar-refractivity contribution in [1.29, 1.82) is 0 Å². The fourth-order valence-electron chi connectivity index (χ4n) is 3.72. The Bertz CT molecular complexity index is 656. The van der Waals surface area contributed by atoms with Crippen LogP contribution >= 0.6 is 0 Å². The summed E-state index contributed by atoms with van der Waals surface area (Å²) in [6.07, 6.45) is 2.31. The Morgan fingerprint density at radius 1 is 1.04 bits per heavy atom. The van der Waals surface area contributed by atoms with Crippen LogP contribution in [0, 0.1) is 5.92 Å². The Morgan fingerprint density at radius 3 is 2.48 bits per heavy atom. The molecule has 1 atom stereocenters. The van der Waals surface area contributed by atoms with Gasteiger partial charge >= 0.3 is 0 Å². The van der Waals surface area contributed by atoms with Gasteiger partial charge in [-0.2, -0.15) is 0 Å². The monoisotopic (exact) mass is 343 g/mol. The average Bonchev–Trinajstić information content (AvgIpc) is 2.68. The van der Waals surface area contributed by atoms with Gasteiger partial charge in [-0.1, -0.05) is 36.4 Å². The quantitative estimate of drug-likeness (QED) is 0.818. The Hall–Kier alpha value is -2.07. The molecule has 1 N–H and O–H groups in total. The number of alkyl halides is 1. The number of piperidine rings is 1. The lowest BCUT2D eigenvalue weighted by Gasteiger charge is -2.32. The van der Waals surface area contributed by atoms with Gasteiger partial charge in [-0.25, -0.2) is 4.39 Å². The summed E-state index contributed by atoms with van der Waals surface area (Å²) in [5, 5.41) is 3.45. The summed E-state index contributed by atoms with van der Waals surface area (Å²) in [7, 11) is 1.63. The summed E-state index contributed by atoms with van der Waals surface area (Å²) in [5.41, 5.74) is 2.55. The van der Waals surface area contributed by atoms with Gasteiger partial charge in [-0.15, -0.1) is 0 Å². The van der Waals surface area contributed by atoms with Crippen LogP contribution in [-0.4, -0.2) is 33.5 Å². The van der Waals surface area contributed by atoms with E-state index in [9.17, 15) is 4.39 Å².